The van der Waals surface area contributed by atoms with E-state index >= 15 is 0 Å². The molecule has 0 N–H and O–H groups in total. The van der Waals surface area contributed by atoms with Crippen LogP contribution in [-0.2, 0) is 16.6 Å². The largest absolute Gasteiger partial charge is 0.481 e. The SMILES string of the molecule is COc1ncc(-c2c(C)cc(C(=O)PC(F)(F)c3cccc(F)c3)cc2C)cc1-c1ccc(C(F)(F)F)cc1[C@@H]1CC[C@H]2COC(=O)N21. The summed E-state index contributed by atoms with van der Waals surface area (Å²) >= 11 is 0. The molecule has 1 aromatic heterocycles. The van der Waals surface area contributed by atoms with E-state index in [0.717, 1.165) is 30.3 Å². The molecule has 0 aliphatic carbocycles. The highest BCUT2D eigenvalue weighted by molar-refractivity contribution is 7.59. The van der Waals surface area contributed by atoms with Crippen molar-refractivity contribution in [1.29, 1.82) is 0 Å². The molecule has 2 aliphatic heterocycles. The molecule has 3 heterocycles. The quantitative estimate of drug-likeness (QED) is 0.137. The third kappa shape index (κ3) is 6.25. The highest BCUT2D eigenvalue weighted by atomic mass is 31.1. The van der Waals surface area contributed by atoms with E-state index in [9.17, 15) is 35.9 Å². The highest BCUT2D eigenvalue weighted by Gasteiger charge is 2.45. The number of alkyl halides is 5. The maximum absolute atomic E-state index is 14.9. The Morgan fingerprint density at radius 3 is 2.35 bits per heavy atom. The molecule has 6 rings (SSSR count). The Bertz CT molecular complexity index is 1910. The maximum Gasteiger partial charge on any atom is 0.416 e. The van der Waals surface area contributed by atoms with E-state index in [1.807, 2.05) is 0 Å². The molecule has 0 saturated carbocycles. The van der Waals surface area contributed by atoms with Crippen molar-refractivity contribution in [3.8, 4) is 28.1 Å². The second-order valence-corrected chi connectivity index (χ2v) is 13.2. The van der Waals surface area contributed by atoms with Gasteiger partial charge in [0.15, 0.2) is 5.52 Å². The normalized spacial score (nSPS) is 18.0. The van der Waals surface area contributed by atoms with Crippen LogP contribution in [0.25, 0.3) is 22.3 Å². The number of methoxy groups -OCH3 is 1. The molecule has 1 amide bonds. The maximum atomic E-state index is 14.9. The lowest BCUT2D eigenvalue weighted by molar-refractivity contribution is -0.137. The fourth-order valence-corrected chi connectivity index (χ4v) is 7.47. The number of rotatable bonds is 8. The number of nitrogens with zero attached hydrogens (tertiary/aromatic N) is 2. The van der Waals surface area contributed by atoms with E-state index in [-0.39, 0.29) is 29.7 Å². The molecule has 6 nitrogen and oxygen atoms in total. The van der Waals surface area contributed by atoms with Gasteiger partial charge in [0.2, 0.25) is 5.88 Å². The lowest BCUT2D eigenvalue weighted by atomic mass is 9.89. The van der Waals surface area contributed by atoms with Gasteiger partial charge in [-0.1, -0.05) is 18.2 Å². The van der Waals surface area contributed by atoms with Crippen LogP contribution in [0.15, 0.2) is 66.9 Å². The van der Waals surface area contributed by atoms with E-state index < -0.39 is 55.0 Å². The van der Waals surface area contributed by atoms with Crippen molar-refractivity contribution in [2.45, 2.75) is 50.6 Å². The number of aromatic nitrogens is 1. The molecule has 3 aromatic carbocycles. The number of pyridine rings is 1. The van der Waals surface area contributed by atoms with Gasteiger partial charge in [-0.15, -0.1) is 0 Å². The summed E-state index contributed by atoms with van der Waals surface area (Å²) in [6.07, 6.45) is -2.68. The Balaban J connectivity index is 1.39. The third-order valence-electron chi connectivity index (χ3n) is 8.73. The number of aryl methyl sites for hydroxylation is 2. The average molecular weight is 687 g/mol. The van der Waals surface area contributed by atoms with Crippen LogP contribution in [0.1, 0.15) is 57.1 Å². The lowest BCUT2D eigenvalue weighted by Gasteiger charge is -2.26. The van der Waals surface area contributed by atoms with Crippen LogP contribution in [0.5, 0.6) is 5.88 Å². The number of halogens is 6. The number of cyclic esters (lactones) is 1. The van der Waals surface area contributed by atoms with E-state index in [1.54, 1.807) is 19.9 Å². The van der Waals surface area contributed by atoms with Crippen molar-refractivity contribution < 1.29 is 45.4 Å². The van der Waals surface area contributed by atoms with E-state index in [4.69, 9.17) is 9.47 Å². The van der Waals surface area contributed by atoms with Crippen molar-refractivity contribution in [1.82, 2.24) is 9.88 Å². The average Bonchev–Trinajstić information content (AvgIpc) is 3.62. The lowest BCUT2D eigenvalue weighted by Crippen LogP contribution is -2.30. The molecule has 4 aromatic rings. The minimum Gasteiger partial charge on any atom is -0.481 e. The Morgan fingerprint density at radius 1 is 0.958 bits per heavy atom. The van der Waals surface area contributed by atoms with Crippen molar-refractivity contribution in [2.24, 2.45) is 0 Å². The summed E-state index contributed by atoms with van der Waals surface area (Å²) < 4.78 is 95.9. The zero-order chi connectivity index (χ0) is 34.5. The summed E-state index contributed by atoms with van der Waals surface area (Å²) in [6, 6.07) is 11.1. The van der Waals surface area contributed by atoms with Gasteiger partial charge in [0.05, 0.1) is 24.8 Å². The van der Waals surface area contributed by atoms with Gasteiger partial charge < -0.3 is 9.47 Å². The Morgan fingerprint density at radius 2 is 1.69 bits per heavy atom. The number of amides is 1. The van der Waals surface area contributed by atoms with E-state index in [1.165, 1.54) is 36.4 Å². The minimum atomic E-state index is -4.63. The smallest absolute Gasteiger partial charge is 0.416 e. The second-order valence-electron chi connectivity index (χ2n) is 11.8. The number of fused-ring (bicyclic) bond motifs is 1. The topological polar surface area (TPSA) is 68.7 Å². The van der Waals surface area contributed by atoms with Gasteiger partial charge in [-0.3, -0.25) is 9.69 Å². The van der Waals surface area contributed by atoms with Crippen molar-refractivity contribution in [3.05, 3.63) is 106 Å². The molecule has 2 aliphatic rings. The van der Waals surface area contributed by atoms with Gasteiger partial charge in [0.25, 0.3) is 5.66 Å². The summed E-state index contributed by atoms with van der Waals surface area (Å²) in [5.74, 6) is -0.691. The van der Waals surface area contributed by atoms with Crippen molar-refractivity contribution in [2.75, 3.05) is 13.7 Å². The standard InChI is InChI=1S/C35H29F6N2O4P/c1-18-11-20(32(44)48-35(40,41)23-5-4-6-24(36)14-23)12-19(2)30(18)21-13-28(31(46-3)42-16-21)26-9-7-22(34(37,38)39)15-27(26)29-10-8-25-17-47-33(45)43(25)29/h4-7,9,11-16,25,29,48H,8,10,17H2,1-3H3/t25-,29-/m0/s1. The summed E-state index contributed by atoms with van der Waals surface area (Å²) in [5, 5.41) is 0. The molecular weight excluding hydrogens is 657 g/mol. The molecule has 1 unspecified atom stereocenters. The fraction of sp³-hybridized carbons (Fsp3) is 0.286. The predicted molar refractivity (Wildman–Crippen MR) is 168 cm³/mol. The molecule has 2 saturated heterocycles. The fourth-order valence-electron chi connectivity index (χ4n) is 6.60. The number of carbonyl (C=O) groups excluding carboxylic acids is 2. The molecule has 2 fully saturated rings. The number of carbonyl (C=O) groups is 2. The third-order valence-corrected chi connectivity index (χ3v) is 9.84. The molecule has 0 bridgehead atoms. The Kier molecular flexibility index (Phi) is 8.74. The first-order valence-corrected chi connectivity index (χ1v) is 16.0. The summed E-state index contributed by atoms with van der Waals surface area (Å²) in [6.45, 7) is 3.58. The molecular formula is C35H29F6N2O4P. The van der Waals surface area contributed by atoms with Gasteiger partial charge in [-0.2, -0.15) is 22.0 Å². The monoisotopic (exact) mass is 686 g/mol. The first kappa shape index (κ1) is 33.5. The molecule has 48 heavy (non-hydrogen) atoms. The molecule has 0 spiro atoms. The van der Waals surface area contributed by atoms with E-state index in [2.05, 4.69) is 4.98 Å². The minimum absolute atomic E-state index is 0.0585. The van der Waals surface area contributed by atoms with Crippen LogP contribution < -0.4 is 4.74 Å². The van der Waals surface area contributed by atoms with Crippen LogP contribution >= 0.6 is 8.58 Å². The Labute approximate surface area is 273 Å². The number of hydrogen-bond donors (Lipinski definition) is 0. The summed E-state index contributed by atoms with van der Waals surface area (Å²) in [5.41, 5.74) is -2.40. The van der Waals surface area contributed by atoms with Crippen molar-refractivity contribution in [3.63, 3.8) is 0 Å². The molecule has 13 heteroatoms. The number of ether oxygens (including phenoxy) is 2. The molecule has 0 radical (unpaired) electrons. The van der Waals surface area contributed by atoms with Crippen LogP contribution in [0.2, 0.25) is 0 Å². The zero-order valence-electron chi connectivity index (χ0n) is 25.9. The number of benzene rings is 3. The Hall–Kier alpha value is -4.44. The highest BCUT2D eigenvalue weighted by Crippen LogP contribution is 2.49. The summed E-state index contributed by atoms with van der Waals surface area (Å²) in [4.78, 5) is 31.6. The first-order valence-electron chi connectivity index (χ1n) is 15.0. The van der Waals surface area contributed by atoms with Gasteiger partial charge in [-0.05, 0) is 97.0 Å². The van der Waals surface area contributed by atoms with Crippen LogP contribution in [0.3, 0.4) is 0 Å². The molecule has 3 atom stereocenters. The van der Waals surface area contributed by atoms with Gasteiger partial charge in [0.1, 0.15) is 12.4 Å². The zero-order valence-corrected chi connectivity index (χ0v) is 26.9. The molecule has 250 valence electrons. The van der Waals surface area contributed by atoms with E-state index in [0.29, 0.717) is 52.3 Å². The van der Waals surface area contributed by atoms with Crippen LogP contribution in [-0.4, -0.2) is 41.3 Å². The van der Waals surface area contributed by atoms with Gasteiger partial charge >= 0.3 is 12.3 Å². The first-order chi connectivity index (χ1) is 22.7. The van der Waals surface area contributed by atoms with Gasteiger partial charge in [-0.25, -0.2) is 14.2 Å². The van der Waals surface area contributed by atoms with Crippen LogP contribution in [0, 0.1) is 19.7 Å². The second kappa shape index (κ2) is 12.5. The van der Waals surface area contributed by atoms with Gasteiger partial charge in [0, 0.05) is 37.0 Å². The predicted octanol–water partition coefficient (Wildman–Crippen LogP) is 9.42. The summed E-state index contributed by atoms with van der Waals surface area (Å²) in [7, 11) is -0.0887. The number of hydrogen-bond acceptors (Lipinski definition) is 5. The van der Waals surface area contributed by atoms with Crippen molar-refractivity contribution >= 4 is 20.2 Å². The van der Waals surface area contributed by atoms with Crippen LogP contribution in [0.4, 0.5) is 31.1 Å².